The lowest BCUT2D eigenvalue weighted by atomic mass is 9.91. The standard InChI is InChI=1S/C12H16S/c1-9-4-5-10(2)11(8-9)12(3)6-7-13-12/h4-5,8H,6-7H2,1-3H3. The molecule has 0 spiro atoms. The van der Waals surface area contributed by atoms with E-state index in [1.807, 2.05) is 0 Å². The van der Waals surface area contributed by atoms with E-state index < -0.39 is 0 Å². The zero-order valence-electron chi connectivity index (χ0n) is 8.55. The van der Waals surface area contributed by atoms with Crippen molar-refractivity contribution < 1.29 is 0 Å². The van der Waals surface area contributed by atoms with Gasteiger partial charge >= 0.3 is 0 Å². The first-order valence-electron chi connectivity index (χ1n) is 4.83. The van der Waals surface area contributed by atoms with Gasteiger partial charge in [0.1, 0.15) is 0 Å². The van der Waals surface area contributed by atoms with E-state index in [4.69, 9.17) is 0 Å². The van der Waals surface area contributed by atoms with Crippen LogP contribution in [0.5, 0.6) is 0 Å². The van der Waals surface area contributed by atoms with E-state index in [-0.39, 0.29) is 0 Å². The minimum Gasteiger partial charge on any atom is -0.151 e. The molecule has 0 N–H and O–H groups in total. The first-order chi connectivity index (χ1) is 6.12. The van der Waals surface area contributed by atoms with Crippen LogP contribution in [0.2, 0.25) is 0 Å². The fraction of sp³-hybridized carbons (Fsp3) is 0.500. The molecule has 0 bridgehead atoms. The topological polar surface area (TPSA) is 0 Å². The number of hydrogen-bond donors (Lipinski definition) is 0. The molecule has 0 amide bonds. The predicted molar refractivity (Wildman–Crippen MR) is 60.3 cm³/mol. The van der Waals surface area contributed by atoms with E-state index in [0.29, 0.717) is 4.75 Å². The zero-order chi connectivity index (χ0) is 9.47. The van der Waals surface area contributed by atoms with E-state index in [9.17, 15) is 0 Å². The lowest BCUT2D eigenvalue weighted by Crippen LogP contribution is -2.28. The van der Waals surface area contributed by atoms with Gasteiger partial charge in [-0.05, 0) is 44.1 Å². The summed E-state index contributed by atoms with van der Waals surface area (Å²) in [6.45, 7) is 6.76. The zero-order valence-corrected chi connectivity index (χ0v) is 9.37. The third-order valence-electron chi connectivity index (χ3n) is 2.96. The Bertz CT molecular complexity index is 324. The van der Waals surface area contributed by atoms with Crippen molar-refractivity contribution in [3.05, 3.63) is 34.9 Å². The van der Waals surface area contributed by atoms with Crippen LogP contribution < -0.4 is 0 Å². The van der Waals surface area contributed by atoms with Crippen LogP contribution in [0, 0.1) is 13.8 Å². The van der Waals surface area contributed by atoms with Gasteiger partial charge < -0.3 is 0 Å². The van der Waals surface area contributed by atoms with Gasteiger partial charge in [-0.1, -0.05) is 23.8 Å². The van der Waals surface area contributed by atoms with Gasteiger partial charge in [0.2, 0.25) is 0 Å². The van der Waals surface area contributed by atoms with Gasteiger partial charge in [-0.25, -0.2) is 0 Å². The molecule has 13 heavy (non-hydrogen) atoms. The van der Waals surface area contributed by atoms with Gasteiger partial charge in [-0.2, -0.15) is 11.8 Å². The van der Waals surface area contributed by atoms with Crippen LogP contribution in [0.25, 0.3) is 0 Å². The quantitative estimate of drug-likeness (QED) is 0.654. The molecule has 70 valence electrons. The van der Waals surface area contributed by atoms with Crippen molar-refractivity contribution in [3.63, 3.8) is 0 Å². The molecular formula is C12H16S. The Morgan fingerprint density at radius 2 is 2.00 bits per heavy atom. The maximum atomic E-state index is 2.36. The second-order valence-corrected chi connectivity index (χ2v) is 5.75. The Morgan fingerprint density at radius 3 is 2.54 bits per heavy atom. The molecule has 1 aromatic carbocycles. The van der Waals surface area contributed by atoms with Gasteiger partial charge in [0, 0.05) is 4.75 Å². The van der Waals surface area contributed by atoms with Gasteiger partial charge in [-0.15, -0.1) is 0 Å². The number of hydrogen-bond acceptors (Lipinski definition) is 1. The average Bonchev–Trinajstić information content (AvgIpc) is 2.05. The van der Waals surface area contributed by atoms with Crippen LogP contribution in [0.15, 0.2) is 18.2 Å². The summed E-state index contributed by atoms with van der Waals surface area (Å²) in [7, 11) is 0. The maximum Gasteiger partial charge on any atom is 0.0390 e. The summed E-state index contributed by atoms with van der Waals surface area (Å²) in [4.78, 5) is 0. The highest BCUT2D eigenvalue weighted by Gasteiger charge is 2.35. The van der Waals surface area contributed by atoms with Crippen LogP contribution >= 0.6 is 11.8 Å². The SMILES string of the molecule is Cc1ccc(C)c(C2(C)CCS2)c1. The first kappa shape index (κ1) is 9.14. The van der Waals surface area contributed by atoms with Crippen LogP contribution in [0.1, 0.15) is 30.0 Å². The third-order valence-corrected chi connectivity index (χ3v) is 4.43. The van der Waals surface area contributed by atoms with E-state index in [0.717, 1.165) is 0 Å². The molecule has 0 saturated carbocycles. The molecule has 0 radical (unpaired) electrons. The molecule has 0 nitrogen and oxygen atoms in total. The van der Waals surface area contributed by atoms with Crippen LogP contribution in [0.4, 0.5) is 0 Å². The van der Waals surface area contributed by atoms with Crippen molar-refractivity contribution in [3.8, 4) is 0 Å². The van der Waals surface area contributed by atoms with Gasteiger partial charge in [0.25, 0.3) is 0 Å². The summed E-state index contributed by atoms with van der Waals surface area (Å²) in [5, 5.41) is 0. The molecule has 1 saturated heterocycles. The predicted octanol–water partition coefficient (Wildman–Crippen LogP) is 3.66. The highest BCUT2D eigenvalue weighted by Crippen LogP contribution is 2.49. The highest BCUT2D eigenvalue weighted by atomic mass is 32.2. The first-order valence-corrected chi connectivity index (χ1v) is 5.82. The van der Waals surface area contributed by atoms with E-state index in [1.165, 1.54) is 23.3 Å². The smallest absolute Gasteiger partial charge is 0.0390 e. The number of benzene rings is 1. The van der Waals surface area contributed by atoms with Crippen molar-refractivity contribution in [1.29, 1.82) is 0 Å². The molecule has 2 rings (SSSR count). The van der Waals surface area contributed by atoms with Gasteiger partial charge in [0.05, 0.1) is 0 Å². The fourth-order valence-corrected chi connectivity index (χ4v) is 3.12. The Balaban J connectivity index is 2.43. The molecule has 1 heteroatoms. The Hall–Kier alpha value is -0.430. The number of thioether (sulfide) groups is 1. The van der Waals surface area contributed by atoms with Crippen LogP contribution in [0.3, 0.4) is 0 Å². The summed E-state index contributed by atoms with van der Waals surface area (Å²) < 4.78 is 0.413. The van der Waals surface area contributed by atoms with Crippen LogP contribution in [-0.4, -0.2) is 5.75 Å². The van der Waals surface area contributed by atoms with E-state index in [2.05, 4.69) is 50.7 Å². The van der Waals surface area contributed by atoms with E-state index in [1.54, 1.807) is 5.56 Å². The lowest BCUT2D eigenvalue weighted by Gasteiger charge is -2.39. The van der Waals surface area contributed by atoms with Gasteiger partial charge in [-0.3, -0.25) is 0 Å². The molecule has 0 aromatic heterocycles. The Kier molecular flexibility index (Phi) is 2.15. The second-order valence-electron chi connectivity index (χ2n) is 4.15. The summed E-state index contributed by atoms with van der Waals surface area (Å²) in [6, 6.07) is 6.79. The molecule has 1 aliphatic heterocycles. The molecular weight excluding hydrogens is 176 g/mol. The summed E-state index contributed by atoms with van der Waals surface area (Å²) >= 11 is 2.08. The Labute approximate surface area is 84.7 Å². The molecule has 1 heterocycles. The van der Waals surface area contributed by atoms with Gasteiger partial charge in [0.15, 0.2) is 0 Å². The minimum atomic E-state index is 0.413. The van der Waals surface area contributed by atoms with Crippen molar-refractivity contribution in [2.75, 3.05) is 5.75 Å². The largest absolute Gasteiger partial charge is 0.151 e. The summed E-state index contributed by atoms with van der Waals surface area (Å²) in [5.74, 6) is 1.32. The molecule has 1 aliphatic rings. The summed E-state index contributed by atoms with van der Waals surface area (Å²) in [5.41, 5.74) is 4.37. The lowest BCUT2D eigenvalue weighted by molar-refractivity contribution is 0.621. The highest BCUT2D eigenvalue weighted by molar-refractivity contribution is 8.01. The number of aryl methyl sites for hydroxylation is 2. The third kappa shape index (κ3) is 1.50. The summed E-state index contributed by atoms with van der Waals surface area (Å²) in [6.07, 6.45) is 1.34. The average molecular weight is 192 g/mol. The molecule has 0 aliphatic carbocycles. The second kappa shape index (κ2) is 3.06. The van der Waals surface area contributed by atoms with Crippen molar-refractivity contribution in [2.24, 2.45) is 0 Å². The molecule has 1 atom stereocenters. The van der Waals surface area contributed by atoms with Crippen LogP contribution in [-0.2, 0) is 4.75 Å². The van der Waals surface area contributed by atoms with Crippen molar-refractivity contribution >= 4 is 11.8 Å². The molecule has 1 aromatic rings. The monoisotopic (exact) mass is 192 g/mol. The molecule has 1 unspecified atom stereocenters. The molecule has 1 fully saturated rings. The van der Waals surface area contributed by atoms with Crippen molar-refractivity contribution in [2.45, 2.75) is 31.9 Å². The minimum absolute atomic E-state index is 0.413. The van der Waals surface area contributed by atoms with E-state index >= 15 is 0 Å². The fourth-order valence-electron chi connectivity index (χ4n) is 1.93. The number of rotatable bonds is 1. The normalized spacial score (nSPS) is 27.0. The Morgan fingerprint density at radius 1 is 1.31 bits per heavy atom. The van der Waals surface area contributed by atoms with Crippen molar-refractivity contribution in [1.82, 2.24) is 0 Å². The maximum absolute atomic E-state index is 2.36.